The van der Waals surface area contributed by atoms with Crippen LogP contribution in [0.4, 0.5) is 0 Å². The van der Waals surface area contributed by atoms with Gasteiger partial charge in [0.1, 0.15) is 0 Å². The van der Waals surface area contributed by atoms with Crippen LogP contribution in [0.2, 0.25) is 0 Å². The van der Waals surface area contributed by atoms with Crippen LogP contribution >= 0.6 is 0 Å². The van der Waals surface area contributed by atoms with E-state index in [1.165, 1.54) is 32.1 Å². The lowest BCUT2D eigenvalue weighted by Crippen LogP contribution is -2.28. The summed E-state index contributed by atoms with van der Waals surface area (Å²) in [4.78, 5) is 11.0. The van der Waals surface area contributed by atoms with Gasteiger partial charge < -0.3 is 5.11 Å². The summed E-state index contributed by atoms with van der Waals surface area (Å²) in [6.45, 7) is 5.95. The number of hydrogen-bond acceptors (Lipinski definition) is 1. The zero-order valence-corrected chi connectivity index (χ0v) is 10.3. The fraction of sp³-hybridized carbons (Fsp3) is 0.923. The third-order valence-corrected chi connectivity index (χ3v) is 3.92. The van der Waals surface area contributed by atoms with Gasteiger partial charge in [0.05, 0.1) is 5.41 Å². The van der Waals surface area contributed by atoms with Crippen molar-refractivity contribution >= 4 is 5.97 Å². The number of hydrogen-bond donors (Lipinski definition) is 1. The van der Waals surface area contributed by atoms with E-state index in [0.29, 0.717) is 5.92 Å². The van der Waals surface area contributed by atoms with Gasteiger partial charge in [-0.2, -0.15) is 0 Å². The van der Waals surface area contributed by atoms with E-state index in [1.807, 2.05) is 13.8 Å². The van der Waals surface area contributed by atoms with E-state index >= 15 is 0 Å². The van der Waals surface area contributed by atoms with E-state index in [2.05, 4.69) is 6.92 Å². The Kier molecular flexibility index (Phi) is 4.18. The van der Waals surface area contributed by atoms with Gasteiger partial charge in [-0.25, -0.2) is 0 Å². The summed E-state index contributed by atoms with van der Waals surface area (Å²) in [6, 6.07) is 0. The summed E-state index contributed by atoms with van der Waals surface area (Å²) in [7, 11) is 0. The SMILES string of the molecule is CCC1CCC(CC(C)(C)C(=O)O)CC1. The van der Waals surface area contributed by atoms with Gasteiger partial charge >= 0.3 is 5.97 Å². The van der Waals surface area contributed by atoms with Crippen LogP contribution in [0.3, 0.4) is 0 Å². The highest BCUT2D eigenvalue weighted by Crippen LogP contribution is 2.37. The molecule has 0 amide bonds. The Morgan fingerprint density at radius 1 is 1.20 bits per heavy atom. The third-order valence-electron chi connectivity index (χ3n) is 3.92. The number of carboxylic acid groups (broad SMARTS) is 1. The molecule has 1 aliphatic carbocycles. The second-order valence-corrected chi connectivity index (χ2v) is 5.69. The first-order valence-electron chi connectivity index (χ1n) is 6.19. The maximum absolute atomic E-state index is 11.0. The lowest BCUT2D eigenvalue weighted by Gasteiger charge is -2.32. The number of rotatable bonds is 4. The van der Waals surface area contributed by atoms with E-state index in [0.717, 1.165) is 12.3 Å². The van der Waals surface area contributed by atoms with E-state index in [1.54, 1.807) is 0 Å². The van der Waals surface area contributed by atoms with Crippen molar-refractivity contribution in [1.29, 1.82) is 0 Å². The Morgan fingerprint density at radius 2 is 1.67 bits per heavy atom. The first kappa shape index (κ1) is 12.5. The van der Waals surface area contributed by atoms with E-state index in [9.17, 15) is 4.79 Å². The van der Waals surface area contributed by atoms with Crippen molar-refractivity contribution in [2.75, 3.05) is 0 Å². The monoisotopic (exact) mass is 212 g/mol. The van der Waals surface area contributed by atoms with E-state index in [4.69, 9.17) is 5.11 Å². The predicted octanol–water partition coefficient (Wildman–Crippen LogP) is 3.70. The molecule has 1 rings (SSSR count). The van der Waals surface area contributed by atoms with Crippen molar-refractivity contribution in [2.24, 2.45) is 17.3 Å². The molecule has 0 saturated heterocycles. The molecule has 0 unspecified atom stereocenters. The molecule has 0 heterocycles. The summed E-state index contributed by atoms with van der Waals surface area (Å²) < 4.78 is 0. The van der Waals surface area contributed by atoms with Crippen LogP contribution in [0, 0.1) is 17.3 Å². The average molecular weight is 212 g/mol. The second kappa shape index (κ2) is 5.00. The van der Waals surface area contributed by atoms with Gasteiger partial charge in [-0.15, -0.1) is 0 Å². The van der Waals surface area contributed by atoms with Gasteiger partial charge in [-0.05, 0) is 32.1 Å². The average Bonchev–Trinajstić information content (AvgIpc) is 2.18. The first-order valence-corrected chi connectivity index (χ1v) is 6.19. The maximum atomic E-state index is 11.0. The van der Waals surface area contributed by atoms with Gasteiger partial charge in [0.15, 0.2) is 0 Å². The van der Waals surface area contributed by atoms with E-state index < -0.39 is 11.4 Å². The molecule has 15 heavy (non-hydrogen) atoms. The summed E-state index contributed by atoms with van der Waals surface area (Å²) >= 11 is 0. The van der Waals surface area contributed by atoms with Crippen molar-refractivity contribution in [1.82, 2.24) is 0 Å². The largest absolute Gasteiger partial charge is 0.481 e. The molecule has 0 spiro atoms. The molecular weight excluding hydrogens is 188 g/mol. The van der Waals surface area contributed by atoms with Crippen LogP contribution in [0.25, 0.3) is 0 Å². The highest BCUT2D eigenvalue weighted by atomic mass is 16.4. The van der Waals surface area contributed by atoms with Crippen LogP contribution in [0.5, 0.6) is 0 Å². The Hall–Kier alpha value is -0.530. The molecule has 2 heteroatoms. The Bertz CT molecular complexity index is 213. The molecule has 0 aliphatic heterocycles. The summed E-state index contributed by atoms with van der Waals surface area (Å²) in [5.41, 5.74) is -0.538. The Labute approximate surface area is 93.1 Å². The lowest BCUT2D eigenvalue weighted by atomic mass is 9.73. The maximum Gasteiger partial charge on any atom is 0.309 e. The predicted molar refractivity (Wildman–Crippen MR) is 61.8 cm³/mol. The van der Waals surface area contributed by atoms with Crippen molar-refractivity contribution in [2.45, 2.75) is 59.3 Å². The van der Waals surface area contributed by atoms with Gasteiger partial charge in [0, 0.05) is 0 Å². The normalized spacial score (nSPS) is 27.7. The lowest BCUT2D eigenvalue weighted by molar-refractivity contribution is -0.148. The molecule has 1 aliphatic rings. The molecule has 0 atom stereocenters. The molecule has 0 bridgehead atoms. The van der Waals surface area contributed by atoms with Gasteiger partial charge in [0.25, 0.3) is 0 Å². The molecule has 0 aromatic rings. The second-order valence-electron chi connectivity index (χ2n) is 5.69. The van der Waals surface area contributed by atoms with Crippen molar-refractivity contribution in [3.05, 3.63) is 0 Å². The molecular formula is C13H24O2. The molecule has 0 radical (unpaired) electrons. The van der Waals surface area contributed by atoms with Crippen LogP contribution in [0.15, 0.2) is 0 Å². The number of aliphatic carboxylic acids is 1. The minimum Gasteiger partial charge on any atom is -0.481 e. The molecule has 2 nitrogen and oxygen atoms in total. The van der Waals surface area contributed by atoms with Crippen molar-refractivity contribution in [3.8, 4) is 0 Å². The highest BCUT2D eigenvalue weighted by molar-refractivity contribution is 5.73. The Balaban J connectivity index is 2.38. The van der Waals surface area contributed by atoms with Gasteiger partial charge in [-0.1, -0.05) is 39.0 Å². The van der Waals surface area contributed by atoms with Gasteiger partial charge in [0.2, 0.25) is 0 Å². The molecule has 1 N–H and O–H groups in total. The minimum atomic E-state index is -0.653. The molecule has 88 valence electrons. The van der Waals surface area contributed by atoms with Gasteiger partial charge in [-0.3, -0.25) is 4.79 Å². The molecule has 0 aromatic heterocycles. The van der Waals surface area contributed by atoms with Crippen LogP contribution in [-0.4, -0.2) is 11.1 Å². The zero-order valence-electron chi connectivity index (χ0n) is 10.3. The zero-order chi connectivity index (χ0) is 11.5. The molecule has 1 saturated carbocycles. The third kappa shape index (κ3) is 3.51. The Morgan fingerprint density at radius 3 is 2.07 bits per heavy atom. The highest BCUT2D eigenvalue weighted by Gasteiger charge is 2.32. The fourth-order valence-corrected chi connectivity index (χ4v) is 2.65. The van der Waals surface area contributed by atoms with Crippen LogP contribution in [0.1, 0.15) is 59.3 Å². The van der Waals surface area contributed by atoms with Crippen LogP contribution < -0.4 is 0 Å². The summed E-state index contributed by atoms with van der Waals surface area (Å²) in [6.07, 6.45) is 7.20. The summed E-state index contributed by atoms with van der Waals surface area (Å²) in [5.74, 6) is 0.883. The summed E-state index contributed by atoms with van der Waals surface area (Å²) in [5, 5.41) is 9.07. The number of carboxylic acids is 1. The van der Waals surface area contributed by atoms with Crippen molar-refractivity contribution in [3.63, 3.8) is 0 Å². The van der Waals surface area contributed by atoms with E-state index in [-0.39, 0.29) is 0 Å². The molecule has 1 fully saturated rings. The standard InChI is InChI=1S/C13H24O2/c1-4-10-5-7-11(8-6-10)9-13(2,3)12(14)15/h10-11H,4-9H2,1-3H3,(H,14,15). The quantitative estimate of drug-likeness (QED) is 0.771. The van der Waals surface area contributed by atoms with Crippen molar-refractivity contribution < 1.29 is 9.90 Å². The smallest absolute Gasteiger partial charge is 0.309 e. The first-order chi connectivity index (χ1) is 6.95. The topological polar surface area (TPSA) is 37.3 Å². The van der Waals surface area contributed by atoms with Crippen LogP contribution in [-0.2, 0) is 4.79 Å². The number of carbonyl (C=O) groups is 1. The minimum absolute atomic E-state index is 0.538. The molecule has 0 aromatic carbocycles. The fourth-order valence-electron chi connectivity index (χ4n) is 2.65.